The van der Waals surface area contributed by atoms with Crippen LogP contribution >= 0.6 is 23.1 Å². The molecule has 3 nitrogen and oxygen atoms in total. The first-order valence-corrected chi connectivity index (χ1v) is 8.36. The van der Waals surface area contributed by atoms with E-state index in [0.717, 1.165) is 15.8 Å². The highest BCUT2D eigenvalue weighted by Crippen LogP contribution is 2.42. The lowest BCUT2D eigenvalue weighted by atomic mass is 9.95. The zero-order chi connectivity index (χ0) is 13.2. The Bertz CT molecular complexity index is 390. The summed E-state index contributed by atoms with van der Waals surface area (Å²) in [5.74, 6) is 1.53. The molecule has 5 heteroatoms. The van der Waals surface area contributed by atoms with Crippen LogP contribution in [0.1, 0.15) is 32.4 Å². The van der Waals surface area contributed by atoms with E-state index >= 15 is 0 Å². The van der Waals surface area contributed by atoms with E-state index in [2.05, 4.69) is 29.5 Å². The Labute approximate surface area is 117 Å². The lowest BCUT2D eigenvalue weighted by Crippen LogP contribution is -2.55. The van der Waals surface area contributed by atoms with Crippen molar-refractivity contribution in [2.75, 3.05) is 12.4 Å². The molecule has 2 N–H and O–H groups in total. The van der Waals surface area contributed by atoms with E-state index < -0.39 is 0 Å². The predicted octanol–water partition coefficient (Wildman–Crippen LogP) is 2.68. The number of thioether (sulfide) groups is 1. The lowest BCUT2D eigenvalue weighted by molar-refractivity contribution is 0.150. The summed E-state index contributed by atoms with van der Waals surface area (Å²) < 4.78 is 1.11. The van der Waals surface area contributed by atoms with Crippen molar-refractivity contribution in [2.24, 2.45) is 5.92 Å². The fourth-order valence-corrected chi connectivity index (χ4v) is 4.41. The maximum Gasteiger partial charge on any atom is 0.150 e. The number of aliphatic hydroxyl groups excluding tert-OH is 1. The van der Waals surface area contributed by atoms with Crippen LogP contribution in [0.15, 0.2) is 9.72 Å². The topological polar surface area (TPSA) is 45.1 Å². The van der Waals surface area contributed by atoms with Crippen LogP contribution in [0.25, 0.3) is 0 Å². The number of thiazole rings is 1. The Kier molecular flexibility index (Phi) is 4.69. The van der Waals surface area contributed by atoms with Crippen LogP contribution in [-0.4, -0.2) is 34.0 Å². The van der Waals surface area contributed by atoms with Gasteiger partial charge in [0.2, 0.25) is 0 Å². The first-order chi connectivity index (χ1) is 8.55. The van der Waals surface area contributed by atoms with Crippen LogP contribution in [0.5, 0.6) is 0 Å². The molecule has 1 aromatic heterocycles. The van der Waals surface area contributed by atoms with E-state index in [4.69, 9.17) is 0 Å². The molecule has 1 saturated carbocycles. The summed E-state index contributed by atoms with van der Waals surface area (Å²) in [6.07, 6.45) is 2.47. The third-order valence-electron chi connectivity index (χ3n) is 3.27. The van der Waals surface area contributed by atoms with Gasteiger partial charge in [-0.3, -0.25) is 0 Å². The van der Waals surface area contributed by atoms with Crippen LogP contribution < -0.4 is 5.32 Å². The minimum atomic E-state index is -0.127. The monoisotopic (exact) mass is 286 g/mol. The largest absolute Gasteiger partial charge is 0.394 e. The second kappa shape index (κ2) is 5.90. The van der Waals surface area contributed by atoms with Gasteiger partial charge in [-0.1, -0.05) is 25.6 Å². The van der Waals surface area contributed by atoms with E-state index in [1.54, 1.807) is 23.1 Å². The summed E-state index contributed by atoms with van der Waals surface area (Å²) >= 11 is 3.46. The van der Waals surface area contributed by atoms with Crippen LogP contribution in [0.4, 0.5) is 0 Å². The second-order valence-electron chi connectivity index (χ2n) is 5.43. The van der Waals surface area contributed by atoms with Gasteiger partial charge in [-0.15, -0.1) is 11.3 Å². The molecule has 1 aliphatic rings. The van der Waals surface area contributed by atoms with Crippen LogP contribution in [0, 0.1) is 12.8 Å². The number of aliphatic hydroxyl groups is 1. The van der Waals surface area contributed by atoms with Gasteiger partial charge in [0.05, 0.1) is 12.1 Å². The molecule has 1 unspecified atom stereocenters. The number of rotatable bonds is 7. The molecule has 1 aromatic rings. The fourth-order valence-electron chi connectivity index (χ4n) is 2.30. The Hall–Kier alpha value is -0.100. The van der Waals surface area contributed by atoms with Crippen molar-refractivity contribution in [3.05, 3.63) is 11.1 Å². The second-order valence-corrected chi connectivity index (χ2v) is 7.51. The summed E-state index contributed by atoms with van der Waals surface area (Å²) in [6, 6.07) is 0.399. The van der Waals surface area contributed by atoms with Crippen molar-refractivity contribution >= 4 is 23.1 Å². The SMILES string of the molecule is Cc1csc(SCC(CO)(NC(C)C)C2CC2)n1. The van der Waals surface area contributed by atoms with Gasteiger partial charge >= 0.3 is 0 Å². The first kappa shape index (κ1) is 14.3. The average molecular weight is 286 g/mol. The van der Waals surface area contributed by atoms with E-state index in [-0.39, 0.29) is 12.1 Å². The Morgan fingerprint density at radius 1 is 1.61 bits per heavy atom. The third kappa shape index (κ3) is 3.47. The molecule has 1 heterocycles. The molecule has 102 valence electrons. The van der Waals surface area contributed by atoms with Gasteiger partial charge in [0, 0.05) is 22.9 Å². The molecule has 1 aliphatic carbocycles. The van der Waals surface area contributed by atoms with Crippen molar-refractivity contribution in [3.8, 4) is 0 Å². The fraction of sp³-hybridized carbons (Fsp3) is 0.769. The highest BCUT2D eigenvalue weighted by molar-refractivity contribution is 8.01. The van der Waals surface area contributed by atoms with Gasteiger partial charge in [-0.2, -0.15) is 0 Å². The number of aromatic nitrogens is 1. The van der Waals surface area contributed by atoms with E-state index in [0.29, 0.717) is 12.0 Å². The summed E-state index contributed by atoms with van der Waals surface area (Å²) in [4.78, 5) is 4.48. The minimum Gasteiger partial charge on any atom is -0.394 e. The summed E-state index contributed by atoms with van der Waals surface area (Å²) in [5, 5.41) is 15.5. The summed E-state index contributed by atoms with van der Waals surface area (Å²) in [5.41, 5.74) is 0.957. The van der Waals surface area contributed by atoms with Crippen molar-refractivity contribution < 1.29 is 5.11 Å². The lowest BCUT2D eigenvalue weighted by Gasteiger charge is -2.35. The Morgan fingerprint density at radius 2 is 2.33 bits per heavy atom. The van der Waals surface area contributed by atoms with Crippen LogP contribution in [0.3, 0.4) is 0 Å². The molecular weight excluding hydrogens is 264 g/mol. The quantitative estimate of drug-likeness (QED) is 0.757. The molecule has 0 spiro atoms. The molecule has 0 aliphatic heterocycles. The van der Waals surface area contributed by atoms with Crippen LogP contribution in [-0.2, 0) is 0 Å². The van der Waals surface area contributed by atoms with Gasteiger partial charge in [0.1, 0.15) is 4.34 Å². The Morgan fingerprint density at radius 3 is 2.78 bits per heavy atom. The highest BCUT2D eigenvalue weighted by atomic mass is 32.2. The van der Waals surface area contributed by atoms with Gasteiger partial charge in [-0.25, -0.2) is 4.98 Å². The Balaban J connectivity index is 2.00. The zero-order valence-electron chi connectivity index (χ0n) is 11.3. The number of nitrogens with zero attached hydrogens (tertiary/aromatic N) is 1. The van der Waals surface area contributed by atoms with E-state index in [1.807, 2.05) is 6.92 Å². The average Bonchev–Trinajstić information content (AvgIpc) is 3.09. The summed E-state index contributed by atoms with van der Waals surface area (Å²) in [6.45, 7) is 6.52. The smallest absolute Gasteiger partial charge is 0.150 e. The number of aryl methyl sites for hydroxylation is 1. The molecule has 0 bridgehead atoms. The van der Waals surface area contributed by atoms with Gasteiger partial charge < -0.3 is 10.4 Å². The van der Waals surface area contributed by atoms with Crippen molar-refractivity contribution in [1.29, 1.82) is 0 Å². The molecule has 1 fully saturated rings. The van der Waals surface area contributed by atoms with Gasteiger partial charge in [0.15, 0.2) is 0 Å². The van der Waals surface area contributed by atoms with Gasteiger partial charge in [0.25, 0.3) is 0 Å². The predicted molar refractivity (Wildman–Crippen MR) is 78.4 cm³/mol. The molecule has 0 saturated heterocycles. The molecule has 2 rings (SSSR count). The normalized spacial score (nSPS) is 19.2. The van der Waals surface area contributed by atoms with E-state index in [9.17, 15) is 5.11 Å². The summed E-state index contributed by atoms with van der Waals surface area (Å²) in [7, 11) is 0. The molecule has 0 amide bonds. The van der Waals surface area contributed by atoms with E-state index in [1.165, 1.54) is 12.8 Å². The third-order valence-corrected chi connectivity index (χ3v) is 5.66. The maximum atomic E-state index is 9.83. The molecule has 1 atom stereocenters. The van der Waals surface area contributed by atoms with Crippen molar-refractivity contribution in [1.82, 2.24) is 10.3 Å². The molecule has 0 radical (unpaired) electrons. The minimum absolute atomic E-state index is 0.127. The van der Waals surface area contributed by atoms with Crippen molar-refractivity contribution in [3.63, 3.8) is 0 Å². The number of nitrogens with one attached hydrogen (secondary N) is 1. The highest BCUT2D eigenvalue weighted by Gasteiger charge is 2.45. The van der Waals surface area contributed by atoms with Crippen LogP contribution in [0.2, 0.25) is 0 Å². The molecular formula is C13H22N2OS2. The molecule has 0 aromatic carbocycles. The van der Waals surface area contributed by atoms with Gasteiger partial charge in [-0.05, 0) is 25.7 Å². The first-order valence-electron chi connectivity index (χ1n) is 6.49. The number of hydrogen-bond donors (Lipinski definition) is 2. The standard InChI is InChI=1S/C13H22N2OS2/c1-9(2)15-13(7-16,11-4-5-11)8-18-12-14-10(3)6-17-12/h6,9,11,15-16H,4-5,7-8H2,1-3H3. The maximum absolute atomic E-state index is 9.83. The zero-order valence-corrected chi connectivity index (χ0v) is 12.9. The number of hydrogen-bond acceptors (Lipinski definition) is 5. The molecule has 18 heavy (non-hydrogen) atoms. The van der Waals surface area contributed by atoms with Crippen molar-refractivity contribution in [2.45, 2.75) is 49.5 Å².